The SMILES string of the molecule is CCC\C=C(C)/C=C/C=C(C)/C=C/C1=C(C)CCCC1(C)C. The number of hydrogen-bond acceptors (Lipinski definition) is 0. The second-order valence-corrected chi connectivity index (χ2v) is 7.27. The average Bonchev–Trinajstić information content (AvgIpc) is 2.43. The Morgan fingerprint density at radius 1 is 1.14 bits per heavy atom. The fourth-order valence-corrected chi connectivity index (χ4v) is 3.07. The number of allylic oxidation sites excluding steroid dienone is 10. The van der Waals surface area contributed by atoms with Crippen molar-refractivity contribution in [1.29, 1.82) is 0 Å². The Balaban J connectivity index is 2.73. The van der Waals surface area contributed by atoms with Crippen LogP contribution in [0.4, 0.5) is 0 Å². The van der Waals surface area contributed by atoms with Crippen LogP contribution in [0.1, 0.15) is 73.6 Å². The van der Waals surface area contributed by atoms with Gasteiger partial charge in [0.05, 0.1) is 0 Å². The first kappa shape index (κ1) is 18.7. The molecule has 0 N–H and O–H groups in total. The van der Waals surface area contributed by atoms with Crippen LogP contribution in [0.3, 0.4) is 0 Å². The molecule has 0 unspecified atom stereocenters. The second-order valence-electron chi connectivity index (χ2n) is 7.27. The second kappa shape index (κ2) is 8.98. The number of hydrogen-bond donors (Lipinski definition) is 0. The molecule has 0 radical (unpaired) electrons. The average molecular weight is 299 g/mol. The summed E-state index contributed by atoms with van der Waals surface area (Å²) in [6.07, 6.45) is 19.7. The Bertz CT molecular complexity index is 504. The maximum absolute atomic E-state index is 2.37. The van der Waals surface area contributed by atoms with Crippen molar-refractivity contribution in [1.82, 2.24) is 0 Å². The summed E-state index contributed by atoms with van der Waals surface area (Å²) in [4.78, 5) is 0. The largest absolute Gasteiger partial charge is 0.0816 e. The Hall–Kier alpha value is -1.30. The van der Waals surface area contributed by atoms with Crippen LogP contribution < -0.4 is 0 Å². The minimum absolute atomic E-state index is 0.328. The Morgan fingerprint density at radius 3 is 2.50 bits per heavy atom. The van der Waals surface area contributed by atoms with Gasteiger partial charge in [0.25, 0.3) is 0 Å². The van der Waals surface area contributed by atoms with Crippen molar-refractivity contribution in [3.63, 3.8) is 0 Å². The van der Waals surface area contributed by atoms with Crippen LogP contribution in [0.25, 0.3) is 0 Å². The number of unbranched alkanes of at least 4 members (excludes halogenated alkanes) is 1. The van der Waals surface area contributed by atoms with Gasteiger partial charge in [-0.2, -0.15) is 0 Å². The highest BCUT2D eigenvalue weighted by atomic mass is 14.3. The first-order valence-corrected chi connectivity index (χ1v) is 8.77. The highest BCUT2D eigenvalue weighted by molar-refractivity contribution is 5.37. The van der Waals surface area contributed by atoms with E-state index >= 15 is 0 Å². The predicted molar refractivity (Wildman–Crippen MR) is 101 cm³/mol. The molecule has 0 aliphatic heterocycles. The molecule has 0 fully saturated rings. The van der Waals surface area contributed by atoms with Gasteiger partial charge in [-0.15, -0.1) is 0 Å². The van der Waals surface area contributed by atoms with Crippen molar-refractivity contribution in [2.75, 3.05) is 0 Å². The van der Waals surface area contributed by atoms with E-state index in [1.165, 1.54) is 48.8 Å². The molecule has 1 aliphatic rings. The summed E-state index contributed by atoms with van der Waals surface area (Å²) in [6, 6.07) is 0. The van der Waals surface area contributed by atoms with Gasteiger partial charge in [0.2, 0.25) is 0 Å². The molecule has 0 bridgehead atoms. The van der Waals surface area contributed by atoms with Gasteiger partial charge in [-0.05, 0) is 57.4 Å². The molecular weight excluding hydrogens is 264 g/mol. The van der Waals surface area contributed by atoms with Crippen molar-refractivity contribution in [2.24, 2.45) is 5.41 Å². The maximum atomic E-state index is 2.37. The molecule has 0 aromatic rings. The molecule has 1 aliphatic carbocycles. The summed E-state index contributed by atoms with van der Waals surface area (Å²) >= 11 is 0. The fraction of sp³-hybridized carbons (Fsp3) is 0.545. The minimum Gasteiger partial charge on any atom is -0.0816 e. The third kappa shape index (κ3) is 6.22. The summed E-state index contributed by atoms with van der Waals surface area (Å²) in [5, 5.41) is 0. The van der Waals surface area contributed by atoms with Crippen molar-refractivity contribution >= 4 is 0 Å². The lowest BCUT2D eigenvalue weighted by atomic mass is 9.72. The molecule has 0 heteroatoms. The highest BCUT2D eigenvalue weighted by Crippen LogP contribution is 2.40. The van der Waals surface area contributed by atoms with Gasteiger partial charge in [-0.3, -0.25) is 0 Å². The van der Waals surface area contributed by atoms with Crippen LogP contribution >= 0.6 is 0 Å². The first-order chi connectivity index (χ1) is 10.4. The van der Waals surface area contributed by atoms with Crippen molar-refractivity contribution in [3.05, 3.63) is 58.7 Å². The van der Waals surface area contributed by atoms with Crippen LogP contribution in [0.2, 0.25) is 0 Å². The lowest BCUT2D eigenvalue weighted by Gasteiger charge is -2.32. The molecule has 0 aromatic heterocycles. The van der Waals surface area contributed by atoms with Gasteiger partial charge in [-0.1, -0.05) is 80.4 Å². The van der Waals surface area contributed by atoms with E-state index in [0.717, 1.165) is 0 Å². The van der Waals surface area contributed by atoms with Gasteiger partial charge in [0.15, 0.2) is 0 Å². The summed E-state index contributed by atoms with van der Waals surface area (Å²) in [7, 11) is 0. The van der Waals surface area contributed by atoms with Gasteiger partial charge in [0, 0.05) is 0 Å². The van der Waals surface area contributed by atoms with Crippen LogP contribution in [0, 0.1) is 5.41 Å². The third-order valence-electron chi connectivity index (χ3n) is 4.53. The highest BCUT2D eigenvalue weighted by Gasteiger charge is 2.26. The van der Waals surface area contributed by atoms with Crippen molar-refractivity contribution in [2.45, 2.75) is 73.6 Å². The molecule has 0 atom stereocenters. The van der Waals surface area contributed by atoms with E-state index in [4.69, 9.17) is 0 Å². The van der Waals surface area contributed by atoms with E-state index in [9.17, 15) is 0 Å². The van der Waals surface area contributed by atoms with Crippen LogP contribution in [0.5, 0.6) is 0 Å². The summed E-state index contributed by atoms with van der Waals surface area (Å²) < 4.78 is 0. The zero-order valence-corrected chi connectivity index (χ0v) is 15.5. The monoisotopic (exact) mass is 298 g/mol. The zero-order valence-electron chi connectivity index (χ0n) is 15.5. The Morgan fingerprint density at radius 2 is 1.86 bits per heavy atom. The van der Waals surface area contributed by atoms with Crippen molar-refractivity contribution in [3.8, 4) is 0 Å². The molecule has 0 heterocycles. The Kier molecular flexibility index (Phi) is 7.65. The molecule has 0 aromatic carbocycles. The van der Waals surface area contributed by atoms with Gasteiger partial charge < -0.3 is 0 Å². The normalized spacial score (nSPS) is 20.5. The summed E-state index contributed by atoms with van der Waals surface area (Å²) in [5.41, 5.74) is 6.08. The number of rotatable bonds is 6. The molecular formula is C22H34. The topological polar surface area (TPSA) is 0 Å². The molecule has 1 rings (SSSR count). The van der Waals surface area contributed by atoms with E-state index in [2.05, 4.69) is 78.0 Å². The van der Waals surface area contributed by atoms with Crippen LogP contribution in [-0.2, 0) is 0 Å². The maximum Gasteiger partial charge on any atom is -0.0104 e. The van der Waals surface area contributed by atoms with Crippen LogP contribution in [0.15, 0.2) is 58.7 Å². The first-order valence-electron chi connectivity index (χ1n) is 8.77. The summed E-state index contributed by atoms with van der Waals surface area (Å²) in [5.74, 6) is 0. The van der Waals surface area contributed by atoms with E-state index in [1.54, 1.807) is 5.57 Å². The van der Waals surface area contributed by atoms with E-state index < -0.39 is 0 Å². The van der Waals surface area contributed by atoms with Gasteiger partial charge in [-0.25, -0.2) is 0 Å². The van der Waals surface area contributed by atoms with Gasteiger partial charge >= 0.3 is 0 Å². The lowest BCUT2D eigenvalue weighted by Crippen LogP contribution is -2.19. The molecule has 0 spiro atoms. The van der Waals surface area contributed by atoms with Crippen molar-refractivity contribution < 1.29 is 0 Å². The van der Waals surface area contributed by atoms with Crippen LogP contribution in [-0.4, -0.2) is 0 Å². The fourth-order valence-electron chi connectivity index (χ4n) is 3.07. The molecule has 122 valence electrons. The standard InChI is InChI=1S/C22H34/c1-7-8-11-18(2)12-9-13-19(3)15-16-21-20(4)14-10-17-22(21,5)6/h9,11-13,15-16H,7-8,10,14,17H2,1-6H3/b12-9+,16-15+,18-11-,19-13+. The lowest BCUT2D eigenvalue weighted by molar-refractivity contribution is 0.377. The Labute approximate surface area is 138 Å². The van der Waals surface area contributed by atoms with E-state index in [1.807, 2.05) is 0 Å². The third-order valence-corrected chi connectivity index (χ3v) is 4.53. The molecule has 0 saturated heterocycles. The summed E-state index contributed by atoms with van der Waals surface area (Å²) in [6.45, 7) is 13.6. The quantitative estimate of drug-likeness (QED) is 0.451. The molecule has 0 saturated carbocycles. The molecule has 0 nitrogen and oxygen atoms in total. The van der Waals surface area contributed by atoms with E-state index in [0.29, 0.717) is 5.41 Å². The molecule has 0 amide bonds. The van der Waals surface area contributed by atoms with E-state index in [-0.39, 0.29) is 0 Å². The zero-order chi connectivity index (χ0) is 16.6. The predicted octanol–water partition coefficient (Wildman–Crippen LogP) is 7.32. The minimum atomic E-state index is 0.328. The molecule has 22 heavy (non-hydrogen) atoms. The van der Waals surface area contributed by atoms with Gasteiger partial charge in [0.1, 0.15) is 0 Å². The smallest absolute Gasteiger partial charge is 0.0104 e.